The predicted octanol–water partition coefficient (Wildman–Crippen LogP) is 5.89. The Hall–Kier alpha value is -4.61. The summed E-state index contributed by atoms with van der Waals surface area (Å²) in [7, 11) is 2.87. The van der Waals surface area contributed by atoms with E-state index < -0.39 is 35.7 Å². The van der Waals surface area contributed by atoms with E-state index in [9.17, 15) is 19.2 Å². The van der Waals surface area contributed by atoms with Gasteiger partial charge in [0, 0.05) is 33.0 Å². The molecule has 1 unspecified atom stereocenters. The van der Waals surface area contributed by atoms with Gasteiger partial charge in [-0.2, -0.15) is 0 Å². The summed E-state index contributed by atoms with van der Waals surface area (Å²) in [6, 6.07) is 16.0. The fourth-order valence-electron chi connectivity index (χ4n) is 4.73. The van der Waals surface area contributed by atoms with Crippen LogP contribution in [0.1, 0.15) is 71.4 Å². The molecule has 12 nitrogen and oxygen atoms in total. The Labute approximate surface area is 264 Å². The highest BCUT2D eigenvalue weighted by Gasteiger charge is 2.31. The molecule has 45 heavy (non-hydrogen) atoms. The van der Waals surface area contributed by atoms with E-state index in [2.05, 4.69) is 10.3 Å². The molecule has 3 rings (SSSR count). The van der Waals surface area contributed by atoms with E-state index in [0.717, 1.165) is 32.1 Å². The van der Waals surface area contributed by atoms with Crippen molar-refractivity contribution in [1.29, 1.82) is 0 Å². The summed E-state index contributed by atoms with van der Waals surface area (Å²) in [5, 5.41) is 2.58. The van der Waals surface area contributed by atoms with E-state index in [0.29, 0.717) is 6.42 Å². The van der Waals surface area contributed by atoms with Crippen LogP contribution in [0.5, 0.6) is 0 Å². The monoisotopic (exact) mass is 624 g/mol. The molecule has 0 radical (unpaired) electrons. The molecule has 0 spiro atoms. The normalized spacial score (nSPS) is 13.0. The lowest BCUT2D eigenvalue weighted by molar-refractivity contribution is -0.135. The van der Waals surface area contributed by atoms with Crippen molar-refractivity contribution < 1.29 is 38.1 Å². The van der Waals surface area contributed by atoms with E-state index in [-0.39, 0.29) is 37.9 Å². The number of ether oxygens (including phenoxy) is 4. The lowest BCUT2D eigenvalue weighted by Crippen LogP contribution is -2.49. The second-order valence-corrected chi connectivity index (χ2v) is 12.6. The maximum absolute atomic E-state index is 12.8. The molecule has 0 saturated heterocycles. The Bertz CT molecular complexity index is 1310. The molecule has 0 bridgehead atoms. The van der Waals surface area contributed by atoms with Crippen molar-refractivity contribution >= 4 is 30.7 Å². The molecule has 1 atom stereocenters. The van der Waals surface area contributed by atoms with Crippen LogP contribution in [-0.4, -0.2) is 85.2 Å². The number of nitrogens with zero attached hydrogens (tertiary/aromatic N) is 3. The summed E-state index contributed by atoms with van der Waals surface area (Å²) < 4.78 is 21.5. The van der Waals surface area contributed by atoms with Crippen molar-refractivity contribution in [3.8, 4) is 11.1 Å². The molecule has 1 aliphatic carbocycles. The zero-order valence-corrected chi connectivity index (χ0v) is 27.3. The quantitative estimate of drug-likeness (QED) is 0.0911. The molecule has 0 aliphatic heterocycles. The second-order valence-electron chi connectivity index (χ2n) is 12.6. The molecule has 12 heteroatoms. The first kappa shape index (κ1) is 34.9. The highest BCUT2D eigenvalue weighted by Crippen LogP contribution is 2.44. The number of benzene rings is 2. The predicted molar refractivity (Wildman–Crippen MR) is 169 cm³/mol. The highest BCUT2D eigenvalue weighted by atomic mass is 16.6. The van der Waals surface area contributed by atoms with Gasteiger partial charge in [0.25, 0.3) is 6.47 Å². The zero-order valence-electron chi connectivity index (χ0n) is 27.3. The maximum Gasteiger partial charge on any atom is 0.416 e. The van der Waals surface area contributed by atoms with Gasteiger partial charge in [0.2, 0.25) is 5.96 Å². The summed E-state index contributed by atoms with van der Waals surface area (Å²) >= 11 is 0. The first-order valence-electron chi connectivity index (χ1n) is 14.8. The Morgan fingerprint density at radius 3 is 1.82 bits per heavy atom. The SMILES string of the molecule is CN(C(=O)OC(C)(C)C)C(=NCCCC(NC(=O)OCC1c2ccccc2-c2ccccc21)OC=O)N(C)C(=O)OC(C)(C)C. The number of fused-ring (bicyclic) bond motifs is 3. The molecule has 1 N–H and O–H groups in total. The van der Waals surface area contributed by atoms with Crippen LogP contribution in [0.2, 0.25) is 0 Å². The first-order valence-corrected chi connectivity index (χ1v) is 14.8. The Morgan fingerprint density at radius 2 is 1.36 bits per heavy atom. The molecule has 3 amide bonds. The van der Waals surface area contributed by atoms with E-state index in [1.54, 1.807) is 41.5 Å². The van der Waals surface area contributed by atoms with Gasteiger partial charge in [-0.05, 0) is 70.2 Å². The number of guanidine groups is 1. The van der Waals surface area contributed by atoms with Gasteiger partial charge in [-0.25, -0.2) is 14.4 Å². The van der Waals surface area contributed by atoms with Gasteiger partial charge in [-0.1, -0.05) is 48.5 Å². The highest BCUT2D eigenvalue weighted by molar-refractivity contribution is 6.01. The van der Waals surface area contributed by atoms with Gasteiger partial charge in [0.05, 0.1) is 0 Å². The molecule has 244 valence electrons. The van der Waals surface area contributed by atoms with Crippen molar-refractivity contribution in [2.24, 2.45) is 4.99 Å². The van der Waals surface area contributed by atoms with Crippen LogP contribution in [0.4, 0.5) is 14.4 Å². The van der Waals surface area contributed by atoms with Crippen molar-refractivity contribution in [3.05, 3.63) is 59.7 Å². The van der Waals surface area contributed by atoms with Crippen LogP contribution < -0.4 is 5.32 Å². The summed E-state index contributed by atoms with van der Waals surface area (Å²) in [5.41, 5.74) is 2.83. The third-order valence-electron chi connectivity index (χ3n) is 6.65. The number of hydrogen-bond acceptors (Lipinski definition) is 9. The number of amides is 3. The lowest BCUT2D eigenvalue weighted by atomic mass is 9.98. The number of rotatable bonds is 9. The van der Waals surface area contributed by atoms with E-state index in [1.165, 1.54) is 14.1 Å². The van der Waals surface area contributed by atoms with Crippen molar-refractivity contribution in [3.63, 3.8) is 0 Å². The molecule has 0 heterocycles. The first-order chi connectivity index (χ1) is 21.1. The van der Waals surface area contributed by atoms with Crippen LogP contribution in [0.15, 0.2) is 53.5 Å². The number of carbonyl (C=O) groups is 4. The minimum Gasteiger partial charge on any atom is -0.448 e. The molecule has 2 aromatic carbocycles. The van der Waals surface area contributed by atoms with Crippen LogP contribution in [-0.2, 0) is 23.7 Å². The van der Waals surface area contributed by atoms with Crippen LogP contribution >= 0.6 is 0 Å². The van der Waals surface area contributed by atoms with Crippen LogP contribution in [0.3, 0.4) is 0 Å². The van der Waals surface area contributed by atoms with E-state index in [4.69, 9.17) is 18.9 Å². The Kier molecular flexibility index (Phi) is 11.6. The molecule has 0 saturated carbocycles. The Balaban J connectivity index is 1.62. The average molecular weight is 625 g/mol. The summed E-state index contributed by atoms with van der Waals surface area (Å²) in [6.07, 6.45) is -2.64. The number of hydrogen-bond donors (Lipinski definition) is 1. The van der Waals surface area contributed by atoms with Gasteiger partial charge >= 0.3 is 18.3 Å². The number of alkyl carbamates (subject to hydrolysis) is 1. The Morgan fingerprint density at radius 1 is 0.867 bits per heavy atom. The molecule has 2 aromatic rings. The summed E-state index contributed by atoms with van der Waals surface area (Å²) in [6.45, 7) is 10.8. The van der Waals surface area contributed by atoms with Crippen molar-refractivity contribution in [1.82, 2.24) is 15.1 Å². The largest absolute Gasteiger partial charge is 0.448 e. The summed E-state index contributed by atoms with van der Waals surface area (Å²) in [4.78, 5) is 56.1. The number of nitrogens with one attached hydrogen (secondary N) is 1. The van der Waals surface area contributed by atoms with E-state index in [1.807, 2.05) is 48.5 Å². The lowest BCUT2D eigenvalue weighted by Gasteiger charge is -2.30. The van der Waals surface area contributed by atoms with Crippen LogP contribution in [0.25, 0.3) is 11.1 Å². The van der Waals surface area contributed by atoms with Gasteiger partial charge in [0.15, 0.2) is 6.23 Å². The minimum atomic E-state index is -0.982. The topological polar surface area (TPSA) is 136 Å². The van der Waals surface area contributed by atoms with Gasteiger partial charge in [-0.3, -0.25) is 24.9 Å². The van der Waals surface area contributed by atoms with Crippen molar-refractivity contribution in [2.45, 2.75) is 77.7 Å². The molecule has 1 aliphatic rings. The third-order valence-corrected chi connectivity index (χ3v) is 6.65. The van der Waals surface area contributed by atoms with Crippen molar-refractivity contribution in [2.75, 3.05) is 27.2 Å². The maximum atomic E-state index is 12.8. The van der Waals surface area contributed by atoms with Crippen LogP contribution in [0, 0.1) is 0 Å². The second kappa shape index (κ2) is 14.9. The minimum absolute atomic E-state index is 0.00384. The fraction of sp³-hybridized carbons (Fsp3) is 0.485. The zero-order chi connectivity index (χ0) is 33.4. The number of carbonyl (C=O) groups excluding carboxylic acids is 4. The summed E-state index contributed by atoms with van der Waals surface area (Å²) in [5.74, 6) is -0.124. The standard InChI is InChI=1S/C33H44N4O8/c1-32(2,3)44-30(40)36(7)28(37(8)31(41)45-33(4,5)6)34-19-13-18-27(43-21-38)35-29(39)42-20-26-24-16-11-9-14-22(24)23-15-10-12-17-25(23)26/h9-12,14-17,21,26-27H,13,18-20H2,1-8H3,(H,35,39). The molecule has 0 fully saturated rings. The molecular formula is C33H44N4O8. The number of aliphatic imine (C=N–C) groups is 1. The molecule has 0 aromatic heterocycles. The smallest absolute Gasteiger partial charge is 0.416 e. The molecular weight excluding hydrogens is 580 g/mol. The third kappa shape index (κ3) is 9.95. The van der Waals surface area contributed by atoms with Gasteiger partial charge in [0.1, 0.15) is 17.8 Å². The van der Waals surface area contributed by atoms with Gasteiger partial charge in [-0.15, -0.1) is 0 Å². The van der Waals surface area contributed by atoms with E-state index >= 15 is 0 Å². The average Bonchev–Trinajstić information content (AvgIpc) is 3.27. The van der Waals surface area contributed by atoms with Gasteiger partial charge < -0.3 is 18.9 Å². The fourth-order valence-corrected chi connectivity index (χ4v) is 4.73.